The zero-order valence-corrected chi connectivity index (χ0v) is 8.43. The van der Waals surface area contributed by atoms with Crippen molar-refractivity contribution in [3.8, 4) is 11.8 Å². The fraction of sp³-hybridized carbons (Fsp3) is 0.0667. The van der Waals surface area contributed by atoms with Crippen LogP contribution in [-0.2, 0) is 0 Å². The van der Waals surface area contributed by atoms with Crippen LogP contribution < -0.4 is 0 Å². The van der Waals surface area contributed by atoms with Crippen molar-refractivity contribution in [3.63, 3.8) is 0 Å². The van der Waals surface area contributed by atoms with Gasteiger partial charge >= 0.3 is 0 Å². The molecule has 0 heterocycles. The monoisotopic (exact) mass is 192 g/mol. The van der Waals surface area contributed by atoms with Gasteiger partial charge < -0.3 is 0 Å². The van der Waals surface area contributed by atoms with Crippen LogP contribution in [0.1, 0.15) is 5.56 Å². The highest BCUT2D eigenvalue weighted by Gasteiger charge is 1.93. The molecule has 0 saturated carbocycles. The van der Waals surface area contributed by atoms with E-state index >= 15 is 0 Å². The summed E-state index contributed by atoms with van der Waals surface area (Å²) in [5, 5.41) is 0. The molecule has 1 aliphatic rings. The summed E-state index contributed by atoms with van der Waals surface area (Å²) in [5.41, 5.74) is 1.07. The molecule has 0 heteroatoms. The first-order valence-electron chi connectivity index (χ1n) is 5.03. The van der Waals surface area contributed by atoms with Gasteiger partial charge in [0.2, 0.25) is 0 Å². The molecule has 0 N–H and O–H groups in total. The van der Waals surface area contributed by atoms with Crippen LogP contribution in [0.3, 0.4) is 0 Å². The van der Waals surface area contributed by atoms with E-state index in [1.807, 2.05) is 54.6 Å². The highest BCUT2D eigenvalue weighted by molar-refractivity contribution is 5.37. The highest BCUT2D eigenvalue weighted by atomic mass is 14.0. The molecule has 2 rings (SSSR count). The van der Waals surface area contributed by atoms with Crippen molar-refractivity contribution in [2.75, 3.05) is 0 Å². The van der Waals surface area contributed by atoms with Gasteiger partial charge in [0.05, 0.1) is 5.92 Å². The van der Waals surface area contributed by atoms with Crippen molar-refractivity contribution in [2.24, 2.45) is 5.92 Å². The van der Waals surface area contributed by atoms with Crippen LogP contribution in [0.4, 0.5) is 0 Å². The van der Waals surface area contributed by atoms with Crippen LogP contribution in [0.25, 0.3) is 0 Å². The number of hydrogen-bond acceptors (Lipinski definition) is 0. The van der Waals surface area contributed by atoms with E-state index in [2.05, 4.69) is 24.0 Å². The predicted molar refractivity (Wildman–Crippen MR) is 64.2 cm³/mol. The molecule has 0 amide bonds. The van der Waals surface area contributed by atoms with Crippen LogP contribution in [0, 0.1) is 17.8 Å². The molecule has 1 aromatic rings. The van der Waals surface area contributed by atoms with Crippen molar-refractivity contribution >= 4 is 0 Å². The van der Waals surface area contributed by atoms with E-state index in [9.17, 15) is 0 Å². The average molecular weight is 192 g/mol. The molecule has 0 saturated heterocycles. The summed E-state index contributed by atoms with van der Waals surface area (Å²) in [7, 11) is 0. The Hall–Kier alpha value is -2.00. The standard InChI is InChI=1S/C15H12/c1-2-5-9-14(8-4-1)12-13-15-10-6-3-7-11-15/h1-11,14H. The molecule has 0 radical (unpaired) electrons. The fourth-order valence-electron chi connectivity index (χ4n) is 1.34. The summed E-state index contributed by atoms with van der Waals surface area (Å²) in [6.07, 6.45) is 12.3. The summed E-state index contributed by atoms with van der Waals surface area (Å²) < 4.78 is 0. The SMILES string of the molecule is C(#CC1C=CC=CC=C1)c1ccccc1. The minimum Gasteiger partial charge on any atom is -0.0861 e. The average Bonchev–Trinajstić information content (AvgIpc) is 2.56. The second kappa shape index (κ2) is 5.02. The molecule has 0 atom stereocenters. The van der Waals surface area contributed by atoms with Crippen molar-refractivity contribution < 1.29 is 0 Å². The first-order chi connectivity index (χ1) is 7.45. The van der Waals surface area contributed by atoms with Gasteiger partial charge in [-0.25, -0.2) is 0 Å². The zero-order valence-electron chi connectivity index (χ0n) is 8.43. The second-order valence-electron chi connectivity index (χ2n) is 3.32. The van der Waals surface area contributed by atoms with E-state index < -0.39 is 0 Å². The summed E-state index contributed by atoms with van der Waals surface area (Å²) in [4.78, 5) is 0. The van der Waals surface area contributed by atoms with Crippen molar-refractivity contribution in [1.82, 2.24) is 0 Å². The predicted octanol–water partition coefficient (Wildman–Crippen LogP) is 3.34. The van der Waals surface area contributed by atoms with E-state index in [0.717, 1.165) is 5.56 Å². The van der Waals surface area contributed by atoms with Gasteiger partial charge in [0.1, 0.15) is 0 Å². The van der Waals surface area contributed by atoms with Gasteiger partial charge in [0, 0.05) is 5.56 Å². The highest BCUT2D eigenvalue weighted by Crippen LogP contribution is 2.04. The summed E-state index contributed by atoms with van der Waals surface area (Å²) in [6, 6.07) is 10.1. The van der Waals surface area contributed by atoms with Gasteiger partial charge in [-0.15, -0.1) is 0 Å². The van der Waals surface area contributed by atoms with Crippen molar-refractivity contribution in [1.29, 1.82) is 0 Å². The first kappa shape index (κ1) is 9.55. The molecule has 72 valence electrons. The molecule has 0 fully saturated rings. The van der Waals surface area contributed by atoms with Crippen LogP contribution in [-0.4, -0.2) is 0 Å². The molecule has 1 aliphatic carbocycles. The lowest BCUT2D eigenvalue weighted by molar-refractivity contribution is 1.12. The number of allylic oxidation sites excluding steroid dienone is 6. The van der Waals surface area contributed by atoms with Gasteiger partial charge in [0.15, 0.2) is 0 Å². The Balaban J connectivity index is 2.12. The molecule has 0 unspecified atom stereocenters. The number of benzene rings is 1. The summed E-state index contributed by atoms with van der Waals surface area (Å²) in [5.74, 6) is 6.60. The lowest BCUT2D eigenvalue weighted by Gasteiger charge is -1.94. The van der Waals surface area contributed by atoms with Gasteiger partial charge in [-0.1, -0.05) is 66.5 Å². The molecular weight excluding hydrogens is 180 g/mol. The third-order valence-electron chi connectivity index (χ3n) is 2.13. The van der Waals surface area contributed by atoms with Crippen molar-refractivity contribution in [3.05, 3.63) is 72.4 Å². The fourth-order valence-corrected chi connectivity index (χ4v) is 1.34. The van der Waals surface area contributed by atoms with Crippen LogP contribution in [0.5, 0.6) is 0 Å². The molecule has 0 aliphatic heterocycles. The van der Waals surface area contributed by atoms with Gasteiger partial charge in [-0.05, 0) is 12.1 Å². The van der Waals surface area contributed by atoms with Crippen LogP contribution >= 0.6 is 0 Å². The Bertz CT molecular complexity index is 434. The van der Waals surface area contributed by atoms with Crippen LogP contribution in [0.2, 0.25) is 0 Å². The quantitative estimate of drug-likeness (QED) is 0.553. The summed E-state index contributed by atoms with van der Waals surface area (Å²) >= 11 is 0. The Labute approximate surface area is 90.6 Å². The molecule has 15 heavy (non-hydrogen) atoms. The van der Waals surface area contributed by atoms with Gasteiger partial charge in [0.25, 0.3) is 0 Å². The maximum absolute atomic E-state index is 3.21. The minimum absolute atomic E-state index is 0.222. The molecule has 0 nitrogen and oxygen atoms in total. The maximum atomic E-state index is 3.21. The van der Waals surface area contributed by atoms with Crippen molar-refractivity contribution in [2.45, 2.75) is 0 Å². The summed E-state index contributed by atoms with van der Waals surface area (Å²) in [6.45, 7) is 0. The lowest BCUT2D eigenvalue weighted by Crippen LogP contribution is -1.85. The lowest BCUT2D eigenvalue weighted by atomic mass is 10.1. The molecule has 1 aromatic carbocycles. The second-order valence-corrected chi connectivity index (χ2v) is 3.32. The van der Waals surface area contributed by atoms with E-state index in [1.165, 1.54) is 0 Å². The molecule has 0 aromatic heterocycles. The van der Waals surface area contributed by atoms with E-state index in [0.29, 0.717) is 0 Å². The minimum atomic E-state index is 0.222. The molecule has 0 spiro atoms. The van der Waals surface area contributed by atoms with Crippen LogP contribution in [0.15, 0.2) is 66.8 Å². The van der Waals surface area contributed by atoms with Gasteiger partial charge in [-0.2, -0.15) is 0 Å². The molecule has 0 bridgehead atoms. The Kier molecular flexibility index (Phi) is 3.20. The Morgan fingerprint density at radius 2 is 1.47 bits per heavy atom. The maximum Gasteiger partial charge on any atom is 0.0573 e. The third-order valence-corrected chi connectivity index (χ3v) is 2.13. The zero-order chi connectivity index (χ0) is 10.3. The van der Waals surface area contributed by atoms with E-state index in [4.69, 9.17) is 0 Å². The smallest absolute Gasteiger partial charge is 0.0573 e. The van der Waals surface area contributed by atoms with Gasteiger partial charge in [-0.3, -0.25) is 0 Å². The normalized spacial score (nSPS) is 14.4. The molecular formula is C15H12. The topological polar surface area (TPSA) is 0 Å². The Morgan fingerprint density at radius 1 is 0.800 bits per heavy atom. The Morgan fingerprint density at radius 3 is 2.13 bits per heavy atom. The van der Waals surface area contributed by atoms with E-state index in [1.54, 1.807) is 0 Å². The number of hydrogen-bond donors (Lipinski definition) is 0. The first-order valence-corrected chi connectivity index (χ1v) is 5.03. The number of rotatable bonds is 0. The van der Waals surface area contributed by atoms with E-state index in [-0.39, 0.29) is 5.92 Å². The third kappa shape index (κ3) is 3.00. The largest absolute Gasteiger partial charge is 0.0861 e.